The minimum absolute atomic E-state index is 0.122. The number of nitrogens with one attached hydrogen (secondary N) is 2. The molecule has 0 aromatic heterocycles. The zero-order valence-electron chi connectivity index (χ0n) is 16.6. The van der Waals surface area contributed by atoms with E-state index in [1.807, 2.05) is 20.8 Å². The van der Waals surface area contributed by atoms with E-state index in [0.717, 1.165) is 24.2 Å². The van der Waals surface area contributed by atoms with Crippen LogP contribution in [0.1, 0.15) is 63.2 Å². The third kappa shape index (κ3) is 3.93. The van der Waals surface area contributed by atoms with Gasteiger partial charge in [-0.15, -0.1) is 0 Å². The van der Waals surface area contributed by atoms with Crippen LogP contribution in [0.2, 0.25) is 0 Å². The van der Waals surface area contributed by atoms with Crippen molar-refractivity contribution in [3.8, 4) is 0 Å². The van der Waals surface area contributed by atoms with E-state index in [9.17, 15) is 19.2 Å². The first kappa shape index (κ1) is 20.0. The van der Waals surface area contributed by atoms with E-state index in [1.165, 1.54) is 0 Å². The lowest BCUT2D eigenvalue weighted by molar-refractivity contribution is -0.132. The van der Waals surface area contributed by atoms with Crippen molar-refractivity contribution in [1.82, 2.24) is 10.2 Å². The number of Topliss-reactive ketones (excluding diaryl/α,β-unsaturated/α-hetero) is 1. The van der Waals surface area contributed by atoms with Gasteiger partial charge in [-0.1, -0.05) is 40.0 Å². The number of ketones is 1. The Balaban J connectivity index is 1.65. The second-order valence-corrected chi connectivity index (χ2v) is 8.67. The molecular formula is C21H27N3O4. The molecule has 150 valence electrons. The topological polar surface area (TPSA) is 95.6 Å². The molecule has 1 aromatic carbocycles. The van der Waals surface area contributed by atoms with Crippen LogP contribution in [0.5, 0.6) is 0 Å². The van der Waals surface area contributed by atoms with Gasteiger partial charge in [0.15, 0.2) is 5.78 Å². The van der Waals surface area contributed by atoms with Crippen LogP contribution in [0.15, 0.2) is 24.3 Å². The van der Waals surface area contributed by atoms with Gasteiger partial charge in [0.25, 0.3) is 5.91 Å². The van der Waals surface area contributed by atoms with Gasteiger partial charge in [-0.3, -0.25) is 19.3 Å². The van der Waals surface area contributed by atoms with Gasteiger partial charge in [0.05, 0.1) is 6.54 Å². The number of carbonyl (C=O) groups excluding carboxylic acids is 4. The van der Waals surface area contributed by atoms with Gasteiger partial charge in [0, 0.05) is 16.7 Å². The lowest BCUT2D eigenvalue weighted by Gasteiger charge is -2.30. The van der Waals surface area contributed by atoms with Crippen molar-refractivity contribution < 1.29 is 19.2 Å². The normalized spacial score (nSPS) is 18.9. The molecule has 1 saturated heterocycles. The van der Waals surface area contributed by atoms with Crippen molar-refractivity contribution in [3.63, 3.8) is 0 Å². The average molecular weight is 385 g/mol. The monoisotopic (exact) mass is 385 g/mol. The third-order valence-corrected chi connectivity index (χ3v) is 5.40. The van der Waals surface area contributed by atoms with E-state index in [4.69, 9.17) is 0 Å². The number of urea groups is 1. The number of imide groups is 1. The third-order valence-electron chi connectivity index (χ3n) is 5.40. The molecule has 1 saturated carbocycles. The van der Waals surface area contributed by atoms with Gasteiger partial charge in [-0.25, -0.2) is 4.79 Å². The Kier molecular flexibility index (Phi) is 5.28. The Morgan fingerprint density at radius 3 is 2.25 bits per heavy atom. The summed E-state index contributed by atoms with van der Waals surface area (Å²) in [5.41, 5.74) is -0.365. The van der Waals surface area contributed by atoms with Crippen molar-refractivity contribution in [1.29, 1.82) is 0 Å². The van der Waals surface area contributed by atoms with Gasteiger partial charge in [0.1, 0.15) is 5.54 Å². The summed E-state index contributed by atoms with van der Waals surface area (Å²) in [5.74, 6) is -0.728. The molecule has 7 heteroatoms. The highest BCUT2D eigenvalue weighted by Gasteiger charge is 2.51. The molecule has 1 aliphatic carbocycles. The number of benzene rings is 1. The van der Waals surface area contributed by atoms with Crippen LogP contribution in [0.25, 0.3) is 0 Å². The van der Waals surface area contributed by atoms with Crippen LogP contribution >= 0.6 is 0 Å². The van der Waals surface area contributed by atoms with E-state index >= 15 is 0 Å². The van der Waals surface area contributed by atoms with Gasteiger partial charge in [0.2, 0.25) is 5.91 Å². The number of hydrogen-bond donors (Lipinski definition) is 2. The zero-order valence-corrected chi connectivity index (χ0v) is 16.6. The van der Waals surface area contributed by atoms with Gasteiger partial charge in [-0.2, -0.15) is 0 Å². The largest absolute Gasteiger partial charge is 0.326 e. The van der Waals surface area contributed by atoms with Crippen molar-refractivity contribution in [2.24, 2.45) is 5.41 Å². The first-order valence-corrected chi connectivity index (χ1v) is 9.71. The first-order chi connectivity index (χ1) is 13.1. The van der Waals surface area contributed by atoms with E-state index in [1.54, 1.807) is 24.3 Å². The van der Waals surface area contributed by atoms with Gasteiger partial charge >= 0.3 is 6.03 Å². The molecule has 3 rings (SSSR count). The summed E-state index contributed by atoms with van der Waals surface area (Å²) in [7, 11) is 0. The maximum atomic E-state index is 12.8. The quantitative estimate of drug-likeness (QED) is 0.615. The number of rotatable bonds is 4. The molecule has 28 heavy (non-hydrogen) atoms. The first-order valence-electron chi connectivity index (χ1n) is 9.71. The van der Waals surface area contributed by atoms with Crippen molar-refractivity contribution in [2.45, 2.75) is 58.4 Å². The van der Waals surface area contributed by atoms with Crippen molar-refractivity contribution in [2.75, 3.05) is 11.9 Å². The molecule has 4 amide bonds. The summed E-state index contributed by atoms with van der Waals surface area (Å²) in [5, 5.41) is 5.60. The summed E-state index contributed by atoms with van der Waals surface area (Å²) < 4.78 is 0. The lowest BCUT2D eigenvalue weighted by Crippen LogP contribution is -2.48. The van der Waals surface area contributed by atoms with Crippen LogP contribution in [0.4, 0.5) is 10.5 Å². The number of carbonyl (C=O) groups is 4. The van der Waals surface area contributed by atoms with E-state index < -0.39 is 17.0 Å². The molecule has 0 unspecified atom stereocenters. The summed E-state index contributed by atoms with van der Waals surface area (Å²) in [6.45, 7) is 5.17. The maximum absolute atomic E-state index is 12.8. The molecule has 0 bridgehead atoms. The molecule has 0 radical (unpaired) electrons. The number of hydrogen-bond acceptors (Lipinski definition) is 4. The molecule has 7 nitrogen and oxygen atoms in total. The predicted molar refractivity (Wildman–Crippen MR) is 105 cm³/mol. The Bertz CT molecular complexity index is 802. The van der Waals surface area contributed by atoms with Crippen LogP contribution in [-0.2, 0) is 9.59 Å². The lowest BCUT2D eigenvalue weighted by atomic mass is 9.82. The molecule has 1 aromatic rings. The van der Waals surface area contributed by atoms with Crippen LogP contribution in [0.3, 0.4) is 0 Å². The fourth-order valence-corrected chi connectivity index (χ4v) is 3.61. The Hall–Kier alpha value is -2.70. The minimum atomic E-state index is -0.823. The number of nitrogens with zero attached hydrogens (tertiary/aromatic N) is 1. The molecule has 2 aliphatic rings. The second-order valence-electron chi connectivity index (χ2n) is 8.67. The number of anilines is 1. The molecule has 1 spiro atoms. The zero-order chi connectivity index (χ0) is 20.5. The van der Waals surface area contributed by atoms with Crippen LogP contribution < -0.4 is 10.6 Å². The Morgan fingerprint density at radius 1 is 1.07 bits per heavy atom. The smallest absolute Gasteiger partial charge is 0.325 e. The minimum Gasteiger partial charge on any atom is -0.326 e. The van der Waals surface area contributed by atoms with Crippen LogP contribution in [-0.4, -0.2) is 40.6 Å². The highest BCUT2D eigenvalue weighted by atomic mass is 16.2. The standard InChI is InChI=1S/C21H27N3O4/c1-20(2,3)17(26)22-15-9-7-14(8-10-15)16(25)13-24-18(27)21(23-19(24)28)11-5-4-6-12-21/h7-10H,4-6,11-13H2,1-3H3,(H,22,26)(H,23,28). The van der Waals surface area contributed by atoms with E-state index in [0.29, 0.717) is 24.1 Å². The van der Waals surface area contributed by atoms with Gasteiger partial charge in [-0.05, 0) is 37.1 Å². The highest BCUT2D eigenvalue weighted by molar-refractivity contribution is 6.11. The average Bonchev–Trinajstić information content (AvgIpc) is 2.86. The molecular weight excluding hydrogens is 358 g/mol. The molecule has 0 atom stereocenters. The van der Waals surface area contributed by atoms with Crippen molar-refractivity contribution >= 4 is 29.3 Å². The predicted octanol–water partition coefficient (Wildman–Crippen LogP) is 3.11. The van der Waals surface area contributed by atoms with Crippen molar-refractivity contribution in [3.05, 3.63) is 29.8 Å². The summed E-state index contributed by atoms with van der Waals surface area (Å²) in [6.07, 6.45) is 4.11. The second kappa shape index (κ2) is 7.37. The maximum Gasteiger partial charge on any atom is 0.325 e. The SMILES string of the molecule is CC(C)(C)C(=O)Nc1ccc(C(=O)CN2C(=O)NC3(CCCCC3)C2=O)cc1. The van der Waals surface area contributed by atoms with E-state index in [2.05, 4.69) is 10.6 Å². The highest BCUT2D eigenvalue weighted by Crippen LogP contribution is 2.33. The van der Waals surface area contributed by atoms with Crippen LogP contribution in [0, 0.1) is 5.41 Å². The summed E-state index contributed by atoms with van der Waals surface area (Å²) in [4.78, 5) is 50.7. The number of amides is 4. The molecule has 1 aliphatic heterocycles. The van der Waals surface area contributed by atoms with E-state index in [-0.39, 0.29) is 24.1 Å². The molecule has 1 heterocycles. The summed E-state index contributed by atoms with van der Waals surface area (Å²) in [6, 6.07) is 5.98. The summed E-state index contributed by atoms with van der Waals surface area (Å²) >= 11 is 0. The Labute approximate surface area is 164 Å². The molecule has 2 N–H and O–H groups in total. The molecule has 2 fully saturated rings. The fourth-order valence-electron chi connectivity index (χ4n) is 3.61. The van der Waals surface area contributed by atoms with Gasteiger partial charge < -0.3 is 10.6 Å². The fraction of sp³-hybridized carbons (Fsp3) is 0.524. The Morgan fingerprint density at radius 2 is 1.68 bits per heavy atom.